The minimum Gasteiger partial charge on any atom is -0.748 e. The van der Waals surface area contributed by atoms with Gasteiger partial charge in [0.2, 0.25) is 0 Å². The van der Waals surface area contributed by atoms with Crippen LogP contribution in [0.1, 0.15) is 80.0 Å². The van der Waals surface area contributed by atoms with Crippen LogP contribution in [0.4, 0.5) is 48.3 Å². The molecule has 44 heteroatoms. The average molecular weight is 2310 g/mol. The number of carboxylic acid groups (broad SMARTS) is 1. The minimum atomic E-state index is -6.86. The molecule has 0 spiro atoms. The van der Waals surface area contributed by atoms with Crippen molar-refractivity contribution in [3.8, 4) is 11.5 Å². The van der Waals surface area contributed by atoms with Gasteiger partial charge in [0.1, 0.15) is 23.6 Å². The van der Waals surface area contributed by atoms with Crippen molar-refractivity contribution in [1.82, 2.24) is 16.0 Å². The van der Waals surface area contributed by atoms with Gasteiger partial charge in [-0.25, -0.2) is 30.0 Å². The molecule has 3 amide bonds. The van der Waals surface area contributed by atoms with Crippen molar-refractivity contribution >= 4 is 263 Å². The molecule has 0 saturated heterocycles. The topological polar surface area (TPSA) is 363 Å². The normalized spacial score (nSPS) is 20.7. The highest BCUT2D eigenvalue weighted by atomic mass is 127. The molecule has 5 unspecified atom stereocenters. The van der Waals surface area contributed by atoms with E-state index in [-0.39, 0.29) is 64.2 Å². The Kier molecular flexibility index (Phi) is 26.5. The van der Waals surface area contributed by atoms with Crippen LogP contribution in [0.15, 0.2) is 18.2 Å². The number of phenols is 2. The fourth-order valence-corrected chi connectivity index (χ4v) is 20.7. The third-order valence-electron chi connectivity index (χ3n) is 12.5. The number of carbonyl (C=O) groups is 5. The van der Waals surface area contributed by atoms with E-state index in [1.807, 2.05) is 90.4 Å². The third kappa shape index (κ3) is 19.6. The Labute approximate surface area is 600 Å². The number of esters is 1. The van der Waals surface area contributed by atoms with Crippen molar-refractivity contribution in [2.24, 2.45) is 17.3 Å². The number of amides is 3. The van der Waals surface area contributed by atoms with Crippen LogP contribution in [0.5, 0.6) is 11.5 Å². The van der Waals surface area contributed by atoms with Gasteiger partial charge in [0.05, 0.1) is 70.1 Å². The number of hydrogen-bond donors (Lipinski definition) is 6. The molecule has 0 radical (unpaired) electrons. The monoisotopic (exact) mass is 2310 g/mol. The van der Waals surface area contributed by atoms with Gasteiger partial charge >= 0.3 is 35.7 Å². The van der Waals surface area contributed by atoms with Crippen LogP contribution < -0.4 is 16.0 Å². The maximum Gasteiger partial charge on any atom is 0.432 e. The maximum absolute atomic E-state index is 14.1. The Morgan fingerprint density at radius 2 is 1.02 bits per heavy atom. The number of aromatic carboxylic acids is 1. The Morgan fingerprint density at radius 1 is 0.581 bits per heavy atom. The summed E-state index contributed by atoms with van der Waals surface area (Å²) in [6, 6.07) is -1.72. The lowest BCUT2D eigenvalue weighted by atomic mass is 9.47. The molecule has 3 aromatic rings. The largest absolute Gasteiger partial charge is 0.748 e. The number of carboxylic acids is 1. The number of carbonyl (C=O) groups excluding carboxylic acids is 4. The van der Waals surface area contributed by atoms with E-state index >= 15 is 0 Å². The first-order valence-electron chi connectivity index (χ1n) is 22.3. The molecule has 4 saturated carbocycles. The van der Waals surface area contributed by atoms with Crippen molar-refractivity contribution < 1.29 is 131 Å². The van der Waals surface area contributed by atoms with Crippen LogP contribution in [0.2, 0.25) is 0 Å². The van der Waals surface area contributed by atoms with E-state index in [9.17, 15) is 126 Å². The number of phenolic OH excluding ortho intramolecular Hbond substituents is 2. The molecule has 5 atom stereocenters. The Balaban J connectivity index is 0.000000300. The molecule has 3 aromatic carbocycles. The Bertz CT molecular complexity index is 3580. The fourth-order valence-electron chi connectivity index (χ4n) is 9.52. The van der Waals surface area contributed by atoms with Crippen LogP contribution in [-0.4, -0.2) is 143 Å². The molecule has 4 bridgehead atoms. The summed E-state index contributed by atoms with van der Waals surface area (Å²) >= 11 is 16.1. The average Bonchev–Trinajstić information content (AvgIpc) is 0.727. The molecule has 7 rings (SSSR count). The molecule has 4 aliphatic carbocycles. The van der Waals surface area contributed by atoms with Crippen molar-refractivity contribution in [1.29, 1.82) is 0 Å². The Hall–Kier alpha value is 0.140. The number of nitrogens with one attached hydrogen (secondary N) is 3. The predicted octanol–water partition coefficient (Wildman–Crippen LogP) is 9.70. The van der Waals surface area contributed by atoms with E-state index in [2.05, 4.69) is 10.1 Å². The molecular weight excluding hydrogens is 2280 g/mol. The molecule has 86 heavy (non-hydrogen) atoms. The smallest absolute Gasteiger partial charge is 0.432 e. The van der Waals surface area contributed by atoms with Gasteiger partial charge in [0.25, 0.3) is 23.8 Å². The first kappa shape index (κ1) is 78.6. The lowest BCUT2D eigenvalue weighted by molar-refractivity contribution is -0.266. The van der Waals surface area contributed by atoms with Gasteiger partial charge in [-0.1, -0.05) is 0 Å². The number of aromatic hydroxyl groups is 2. The summed E-state index contributed by atoms with van der Waals surface area (Å²) in [4.78, 5) is 62.9. The first-order valence-corrected chi connectivity index (χ1v) is 36.6. The van der Waals surface area contributed by atoms with Gasteiger partial charge in [-0.05, 0) is 272 Å². The number of halogens is 20. The summed E-state index contributed by atoms with van der Waals surface area (Å²) in [7, 11) is -17.3. The van der Waals surface area contributed by atoms with Crippen molar-refractivity contribution in [3.63, 3.8) is 0 Å². The van der Waals surface area contributed by atoms with Crippen LogP contribution >= 0.6 is 203 Å². The van der Waals surface area contributed by atoms with Crippen LogP contribution in [-0.2, 0) is 39.9 Å². The molecule has 482 valence electrons. The van der Waals surface area contributed by atoms with Gasteiger partial charge < -0.3 is 49.7 Å². The molecule has 6 N–H and O–H groups in total. The van der Waals surface area contributed by atoms with Gasteiger partial charge in [0.15, 0.2) is 10.1 Å². The fraction of sp³-hybridized carbons (Fsp3) is 0.452. The zero-order valence-corrected chi connectivity index (χ0v) is 62.9. The lowest BCUT2D eigenvalue weighted by Gasteiger charge is -2.61. The third-order valence-corrected chi connectivity index (χ3v) is 26.5. The molecule has 4 aliphatic rings. The van der Waals surface area contributed by atoms with Crippen molar-refractivity contribution in [2.45, 2.75) is 86.0 Å². The van der Waals surface area contributed by atoms with Crippen LogP contribution in [0.3, 0.4) is 0 Å². The second kappa shape index (κ2) is 29.0. The van der Waals surface area contributed by atoms with Crippen molar-refractivity contribution in [3.05, 3.63) is 72.6 Å². The van der Waals surface area contributed by atoms with Gasteiger partial charge in [-0.15, -0.1) is 0 Å². The Morgan fingerprint density at radius 3 is 1.44 bits per heavy atom. The van der Waals surface area contributed by atoms with E-state index in [0.29, 0.717) is 40.7 Å². The van der Waals surface area contributed by atoms with E-state index < -0.39 is 136 Å². The maximum atomic E-state index is 14.1. The van der Waals surface area contributed by atoms with Crippen LogP contribution in [0.25, 0.3) is 0 Å². The molecular formula is C42H30F11I9N3O18S3-3. The van der Waals surface area contributed by atoms with Gasteiger partial charge in [-0.3, -0.25) is 19.2 Å². The molecule has 0 aromatic heterocycles. The number of rotatable bonds is 15. The zero-order valence-electron chi connectivity index (χ0n) is 41.0. The van der Waals surface area contributed by atoms with E-state index in [4.69, 9.17) is 0 Å². The SMILES string of the molecule is O=C(NC(CS(=O)(=O)[O-])C(F)(F)F)c1c(I)cc(I)c(O)c1I.O=C(NC(CS(=O)(=O)[O-])C(F)(F)F)c1cc(I)cc(I)c1O.O=C(O)c1c(I)c(I)c(I)c(I)c1C(=O)NC12CC3CC(C1)CC(C(=O)OC(C(F)(F)F)C(F)(F)S(=O)(=O)[O-])(C3)C2. The molecule has 0 aliphatic heterocycles. The number of benzene rings is 3. The number of alkyl halides is 11. The second-order valence-corrected chi connectivity index (χ2v) is 33.4. The van der Waals surface area contributed by atoms with Gasteiger partial charge in [0, 0.05) is 27.0 Å². The summed E-state index contributed by atoms with van der Waals surface area (Å²) in [6.45, 7) is 0. The number of ether oxygens (including phenoxy) is 1. The van der Waals surface area contributed by atoms with E-state index in [0.717, 1.165) is 6.07 Å². The summed E-state index contributed by atoms with van der Waals surface area (Å²) in [5.41, 5.74) is -4.01. The minimum absolute atomic E-state index is 0.0160. The first-order chi connectivity index (χ1) is 38.6. The summed E-state index contributed by atoms with van der Waals surface area (Å²) in [5.74, 6) is -11.5. The summed E-state index contributed by atoms with van der Waals surface area (Å²) in [6.07, 6.45) is -20.1. The highest BCUT2D eigenvalue weighted by Gasteiger charge is 2.67. The van der Waals surface area contributed by atoms with E-state index in [1.54, 1.807) is 113 Å². The van der Waals surface area contributed by atoms with Crippen molar-refractivity contribution in [2.75, 3.05) is 11.5 Å². The predicted molar refractivity (Wildman–Crippen MR) is 346 cm³/mol. The van der Waals surface area contributed by atoms with Crippen LogP contribution in [0, 0.1) is 49.4 Å². The lowest BCUT2D eigenvalue weighted by Crippen LogP contribution is -2.65. The zero-order chi connectivity index (χ0) is 66.5. The van der Waals surface area contributed by atoms with Gasteiger partial charge in [-0.2, -0.15) is 48.3 Å². The number of hydrogen-bond acceptors (Lipinski definition) is 17. The highest BCUT2D eigenvalue weighted by molar-refractivity contribution is 14.1. The molecule has 4 fully saturated rings. The highest BCUT2D eigenvalue weighted by Crippen LogP contribution is 2.62. The van der Waals surface area contributed by atoms with E-state index in [1.165, 1.54) is 22.8 Å². The molecule has 21 nitrogen and oxygen atoms in total. The quantitative estimate of drug-likeness (QED) is 0.0206. The standard InChI is InChI=1S/C22H18F5I4NO8S.C10H7F3I3NO5S.C10H8F3I2NO5S/c23-21(24,25)17(22(26,27)41(37,38)39)40-18(36)19-2-7-1-8(3-19)5-20(4-7,6-19)32-15(33)9-10(16(34)35)12(29)14(31)13(30)11(9)28;11-10(12,13)5(2-23(20,21)22)17-9(19)6-3(14)1-4(15)8(18)7(6)16;11-10(12,13)7(3-22(19,20)21)16-9(18)5-1-4(14)2-6(15)8(5)17/h7-8,17H,1-6H2,(H,32,33)(H,34,35)(H,37,38,39);1,5,18H,2H2,(H,17,19)(H,20,21,22);1-2,7,17H,3H2,(H,16,18)(H,19,20,21)/p-3. The summed E-state index contributed by atoms with van der Waals surface area (Å²) < 4.78 is 249. The summed E-state index contributed by atoms with van der Waals surface area (Å²) in [5, 5.41) is 29.1. The second-order valence-electron chi connectivity index (χ2n) is 18.9. The molecule has 0 heterocycles.